The molecule has 0 aliphatic heterocycles. The zero-order chi connectivity index (χ0) is 12.3. The fourth-order valence-electron chi connectivity index (χ4n) is 1.45. The van der Waals surface area contributed by atoms with Gasteiger partial charge in [-0.05, 0) is 49.2 Å². The largest absolute Gasteiger partial charge is 0.399 e. The van der Waals surface area contributed by atoms with Gasteiger partial charge in [0.05, 0.1) is 5.69 Å². The maximum absolute atomic E-state index is 5.81. The molecule has 17 heavy (non-hydrogen) atoms. The molecular formula is C13H14N4. The number of rotatable bonds is 2. The molecular weight excluding hydrogens is 212 g/mol. The van der Waals surface area contributed by atoms with Crippen LogP contribution in [0.25, 0.3) is 0 Å². The van der Waals surface area contributed by atoms with Crippen molar-refractivity contribution in [1.29, 1.82) is 0 Å². The van der Waals surface area contributed by atoms with Crippen LogP contribution in [-0.2, 0) is 0 Å². The van der Waals surface area contributed by atoms with E-state index >= 15 is 0 Å². The van der Waals surface area contributed by atoms with Gasteiger partial charge >= 0.3 is 0 Å². The van der Waals surface area contributed by atoms with Gasteiger partial charge < -0.3 is 5.73 Å². The zero-order valence-electron chi connectivity index (χ0n) is 9.88. The summed E-state index contributed by atoms with van der Waals surface area (Å²) in [5.74, 6) is 0.598. The first kappa shape index (κ1) is 11.3. The minimum Gasteiger partial charge on any atom is -0.399 e. The molecule has 4 nitrogen and oxygen atoms in total. The second-order valence-electron chi connectivity index (χ2n) is 3.81. The number of azo groups is 1. The van der Waals surface area contributed by atoms with Gasteiger partial charge in [-0.15, -0.1) is 10.2 Å². The summed E-state index contributed by atoms with van der Waals surface area (Å²) < 4.78 is 0. The summed E-state index contributed by atoms with van der Waals surface area (Å²) in [5, 5.41) is 8.27. The normalized spacial score (nSPS) is 10.9. The maximum Gasteiger partial charge on any atom is 0.174 e. The standard InChI is InChI=1S/C13H14N4/c1-9-10(2)12(7-6-11(9)14)16-17-13-5-3-4-8-15-13/h3-8H,14H2,1-2H3. The van der Waals surface area contributed by atoms with Gasteiger partial charge in [-0.3, -0.25) is 0 Å². The van der Waals surface area contributed by atoms with Crippen molar-refractivity contribution in [3.63, 3.8) is 0 Å². The molecule has 0 unspecified atom stereocenters. The van der Waals surface area contributed by atoms with E-state index in [2.05, 4.69) is 15.2 Å². The Morgan fingerprint density at radius 1 is 1.00 bits per heavy atom. The number of nitrogens with two attached hydrogens (primary N) is 1. The van der Waals surface area contributed by atoms with Crippen LogP contribution in [0.15, 0.2) is 46.8 Å². The molecule has 0 spiro atoms. The van der Waals surface area contributed by atoms with Gasteiger partial charge in [0.25, 0.3) is 0 Å². The molecule has 0 atom stereocenters. The molecule has 0 amide bonds. The minimum atomic E-state index is 0.598. The smallest absolute Gasteiger partial charge is 0.174 e. The predicted octanol–water partition coefficient (Wildman–Crippen LogP) is 3.70. The van der Waals surface area contributed by atoms with Crippen molar-refractivity contribution in [2.24, 2.45) is 10.2 Å². The molecule has 2 rings (SSSR count). The van der Waals surface area contributed by atoms with Gasteiger partial charge in [-0.1, -0.05) is 6.07 Å². The van der Waals surface area contributed by atoms with Crippen LogP contribution in [0.3, 0.4) is 0 Å². The van der Waals surface area contributed by atoms with Crippen molar-refractivity contribution in [2.45, 2.75) is 13.8 Å². The summed E-state index contributed by atoms with van der Waals surface area (Å²) in [7, 11) is 0. The molecule has 0 aliphatic rings. The minimum absolute atomic E-state index is 0.598. The van der Waals surface area contributed by atoms with E-state index in [1.165, 1.54) is 0 Å². The molecule has 0 aliphatic carbocycles. The molecule has 0 bridgehead atoms. The number of nitrogens with zero attached hydrogens (tertiary/aromatic N) is 3. The molecule has 0 saturated carbocycles. The summed E-state index contributed by atoms with van der Waals surface area (Å²) in [5.41, 5.74) is 9.50. The Kier molecular flexibility index (Phi) is 3.14. The van der Waals surface area contributed by atoms with E-state index in [4.69, 9.17) is 5.73 Å². The lowest BCUT2D eigenvalue weighted by molar-refractivity contribution is 1.14. The number of anilines is 1. The lowest BCUT2D eigenvalue weighted by atomic mass is 10.1. The third-order valence-corrected chi connectivity index (χ3v) is 2.71. The molecule has 1 aromatic carbocycles. The monoisotopic (exact) mass is 226 g/mol. The Hall–Kier alpha value is -2.23. The topological polar surface area (TPSA) is 63.6 Å². The Morgan fingerprint density at radius 3 is 2.53 bits per heavy atom. The summed E-state index contributed by atoms with van der Waals surface area (Å²) in [6, 6.07) is 9.24. The Labute approximate surface area is 100 Å². The van der Waals surface area contributed by atoms with Crippen LogP contribution in [-0.4, -0.2) is 4.98 Å². The van der Waals surface area contributed by atoms with Gasteiger partial charge in [0.2, 0.25) is 0 Å². The number of aromatic nitrogens is 1. The predicted molar refractivity (Wildman–Crippen MR) is 68.7 cm³/mol. The van der Waals surface area contributed by atoms with Crippen LogP contribution in [0.4, 0.5) is 17.2 Å². The molecule has 86 valence electrons. The lowest BCUT2D eigenvalue weighted by Gasteiger charge is -2.05. The number of hydrogen-bond donors (Lipinski definition) is 1. The van der Waals surface area contributed by atoms with Gasteiger partial charge in [0.15, 0.2) is 5.82 Å². The average Bonchev–Trinajstić information content (AvgIpc) is 2.36. The molecule has 0 fully saturated rings. The molecule has 2 aromatic rings. The number of hydrogen-bond acceptors (Lipinski definition) is 4. The molecule has 1 aromatic heterocycles. The summed E-state index contributed by atoms with van der Waals surface area (Å²) in [4.78, 5) is 4.08. The molecule has 4 heteroatoms. The van der Waals surface area contributed by atoms with Crippen LogP contribution in [0.1, 0.15) is 11.1 Å². The van der Waals surface area contributed by atoms with E-state index in [1.54, 1.807) is 6.20 Å². The van der Waals surface area contributed by atoms with Gasteiger partial charge in [-0.2, -0.15) is 0 Å². The van der Waals surface area contributed by atoms with E-state index in [9.17, 15) is 0 Å². The summed E-state index contributed by atoms with van der Waals surface area (Å²) in [6.07, 6.45) is 1.69. The van der Waals surface area contributed by atoms with Crippen LogP contribution in [0.2, 0.25) is 0 Å². The second kappa shape index (κ2) is 4.74. The number of benzene rings is 1. The van der Waals surface area contributed by atoms with Crippen molar-refractivity contribution >= 4 is 17.2 Å². The second-order valence-corrected chi connectivity index (χ2v) is 3.81. The van der Waals surface area contributed by atoms with Crippen molar-refractivity contribution in [3.05, 3.63) is 47.7 Å². The Balaban J connectivity index is 2.31. The molecule has 0 saturated heterocycles. The summed E-state index contributed by atoms with van der Waals surface area (Å²) >= 11 is 0. The van der Waals surface area contributed by atoms with E-state index in [1.807, 2.05) is 44.2 Å². The Morgan fingerprint density at radius 2 is 1.82 bits per heavy atom. The number of pyridine rings is 1. The highest BCUT2D eigenvalue weighted by Gasteiger charge is 2.03. The highest BCUT2D eigenvalue weighted by molar-refractivity contribution is 5.60. The first-order valence-electron chi connectivity index (χ1n) is 5.37. The quantitative estimate of drug-likeness (QED) is 0.626. The first-order valence-corrected chi connectivity index (χ1v) is 5.37. The molecule has 1 heterocycles. The van der Waals surface area contributed by atoms with Crippen LogP contribution in [0.5, 0.6) is 0 Å². The van der Waals surface area contributed by atoms with Crippen LogP contribution >= 0.6 is 0 Å². The van der Waals surface area contributed by atoms with E-state index in [-0.39, 0.29) is 0 Å². The molecule has 2 N–H and O–H groups in total. The number of nitrogen functional groups attached to an aromatic ring is 1. The van der Waals surface area contributed by atoms with E-state index in [0.29, 0.717) is 5.82 Å². The van der Waals surface area contributed by atoms with Crippen molar-refractivity contribution in [1.82, 2.24) is 4.98 Å². The SMILES string of the molecule is Cc1c(N)ccc(N=Nc2ccccn2)c1C. The maximum atomic E-state index is 5.81. The third-order valence-electron chi connectivity index (χ3n) is 2.71. The Bertz CT molecular complexity index is 547. The summed E-state index contributed by atoms with van der Waals surface area (Å²) in [6.45, 7) is 3.96. The van der Waals surface area contributed by atoms with E-state index < -0.39 is 0 Å². The van der Waals surface area contributed by atoms with Crippen LogP contribution in [0, 0.1) is 13.8 Å². The third kappa shape index (κ3) is 2.47. The van der Waals surface area contributed by atoms with Gasteiger partial charge in [0.1, 0.15) is 0 Å². The first-order chi connectivity index (χ1) is 8.18. The fourth-order valence-corrected chi connectivity index (χ4v) is 1.45. The lowest BCUT2D eigenvalue weighted by Crippen LogP contribution is -1.91. The van der Waals surface area contributed by atoms with Crippen molar-refractivity contribution in [3.8, 4) is 0 Å². The van der Waals surface area contributed by atoms with E-state index in [0.717, 1.165) is 22.5 Å². The van der Waals surface area contributed by atoms with Crippen LogP contribution < -0.4 is 5.73 Å². The highest BCUT2D eigenvalue weighted by atomic mass is 15.1. The average molecular weight is 226 g/mol. The zero-order valence-corrected chi connectivity index (χ0v) is 9.88. The van der Waals surface area contributed by atoms with Gasteiger partial charge in [-0.25, -0.2) is 4.98 Å². The molecule has 0 radical (unpaired) electrons. The fraction of sp³-hybridized carbons (Fsp3) is 0.154. The van der Waals surface area contributed by atoms with Gasteiger partial charge in [0, 0.05) is 11.9 Å². The highest BCUT2D eigenvalue weighted by Crippen LogP contribution is 2.27. The van der Waals surface area contributed by atoms with Crippen molar-refractivity contribution < 1.29 is 0 Å². The van der Waals surface area contributed by atoms with Crippen molar-refractivity contribution in [2.75, 3.05) is 5.73 Å².